The molecule has 0 fully saturated rings. The van der Waals surface area contributed by atoms with Crippen LogP contribution in [0.1, 0.15) is 17.2 Å². The van der Waals surface area contributed by atoms with E-state index in [0.717, 1.165) is 11.1 Å². The molecule has 128 valence electrons. The zero-order valence-corrected chi connectivity index (χ0v) is 14.2. The van der Waals surface area contributed by atoms with E-state index >= 15 is 0 Å². The Labute approximate surface area is 142 Å². The Morgan fingerprint density at radius 2 is 1.71 bits per heavy atom. The van der Waals surface area contributed by atoms with E-state index in [0.29, 0.717) is 18.0 Å². The summed E-state index contributed by atoms with van der Waals surface area (Å²) in [4.78, 5) is 12.2. The average molecular weight is 329 g/mol. The zero-order valence-electron chi connectivity index (χ0n) is 14.2. The fraction of sp³-hybridized carbons (Fsp3) is 0.316. The molecule has 2 aromatic rings. The predicted molar refractivity (Wildman–Crippen MR) is 92.5 cm³/mol. The third-order valence-corrected chi connectivity index (χ3v) is 3.75. The molecule has 0 aliphatic heterocycles. The topological polar surface area (TPSA) is 56.8 Å². The Kier molecular flexibility index (Phi) is 6.63. The first-order valence-corrected chi connectivity index (χ1v) is 7.73. The largest absolute Gasteiger partial charge is 0.493 e. The molecule has 0 radical (unpaired) electrons. The van der Waals surface area contributed by atoms with Gasteiger partial charge >= 0.3 is 0 Å². The molecule has 0 aromatic heterocycles. The second-order valence-corrected chi connectivity index (χ2v) is 5.31. The number of carbonyl (C=O) groups is 1. The average Bonchev–Trinajstić information content (AvgIpc) is 2.63. The summed E-state index contributed by atoms with van der Waals surface area (Å²) in [5.41, 5.74) is 1.89. The fourth-order valence-electron chi connectivity index (χ4n) is 2.45. The highest BCUT2D eigenvalue weighted by atomic mass is 16.5. The zero-order chi connectivity index (χ0) is 17.4. The molecule has 0 saturated carbocycles. The van der Waals surface area contributed by atoms with Crippen LogP contribution >= 0.6 is 0 Å². The maximum Gasteiger partial charge on any atom is 0.224 e. The van der Waals surface area contributed by atoms with Crippen LogP contribution in [-0.2, 0) is 16.0 Å². The molecule has 5 nitrogen and oxygen atoms in total. The standard InChI is InChI=1S/C19H23NO4/c1-22-16-10-9-14(11-17(16)23-2)12-19(21)20-13-18(24-3)15-7-5-4-6-8-15/h4-11,18H,12-13H2,1-3H3,(H,20,21). The van der Waals surface area contributed by atoms with E-state index in [9.17, 15) is 4.79 Å². The Morgan fingerprint density at radius 3 is 2.33 bits per heavy atom. The van der Waals surface area contributed by atoms with Gasteiger partial charge in [0.2, 0.25) is 5.91 Å². The molecule has 1 amide bonds. The van der Waals surface area contributed by atoms with E-state index in [1.165, 1.54) is 0 Å². The summed E-state index contributed by atoms with van der Waals surface area (Å²) in [6, 6.07) is 15.3. The smallest absolute Gasteiger partial charge is 0.224 e. The van der Waals surface area contributed by atoms with Crippen molar-refractivity contribution in [1.29, 1.82) is 0 Å². The van der Waals surface area contributed by atoms with Crippen LogP contribution in [0, 0.1) is 0 Å². The second kappa shape index (κ2) is 8.93. The SMILES string of the molecule is COc1ccc(CC(=O)NCC(OC)c2ccccc2)cc1OC. The van der Waals surface area contributed by atoms with Crippen LogP contribution in [-0.4, -0.2) is 33.8 Å². The van der Waals surface area contributed by atoms with Gasteiger partial charge in [-0.1, -0.05) is 36.4 Å². The molecule has 0 aliphatic carbocycles. The first kappa shape index (κ1) is 17.8. The van der Waals surface area contributed by atoms with E-state index in [2.05, 4.69) is 5.32 Å². The molecule has 0 aliphatic rings. The first-order chi connectivity index (χ1) is 11.7. The van der Waals surface area contributed by atoms with Crippen molar-refractivity contribution in [1.82, 2.24) is 5.32 Å². The molecule has 1 N–H and O–H groups in total. The lowest BCUT2D eigenvalue weighted by molar-refractivity contribution is -0.121. The molecule has 0 spiro atoms. The van der Waals surface area contributed by atoms with Gasteiger partial charge in [0, 0.05) is 13.7 Å². The normalized spacial score (nSPS) is 11.6. The highest BCUT2D eigenvalue weighted by Crippen LogP contribution is 2.27. The molecule has 2 aromatic carbocycles. The van der Waals surface area contributed by atoms with Crippen molar-refractivity contribution in [3.8, 4) is 11.5 Å². The number of methoxy groups -OCH3 is 3. The minimum Gasteiger partial charge on any atom is -0.493 e. The van der Waals surface area contributed by atoms with Crippen LogP contribution in [0.4, 0.5) is 0 Å². The molecule has 0 bridgehead atoms. The van der Waals surface area contributed by atoms with Gasteiger partial charge < -0.3 is 19.5 Å². The number of hydrogen-bond donors (Lipinski definition) is 1. The molecular weight excluding hydrogens is 306 g/mol. The lowest BCUT2D eigenvalue weighted by atomic mass is 10.1. The van der Waals surface area contributed by atoms with Gasteiger partial charge in [0.25, 0.3) is 0 Å². The fourth-order valence-corrected chi connectivity index (χ4v) is 2.45. The van der Waals surface area contributed by atoms with Gasteiger partial charge in [0.05, 0.1) is 26.7 Å². The number of amides is 1. The van der Waals surface area contributed by atoms with Gasteiger partial charge in [-0.05, 0) is 23.3 Å². The second-order valence-electron chi connectivity index (χ2n) is 5.31. The minimum atomic E-state index is -0.166. The highest BCUT2D eigenvalue weighted by molar-refractivity contribution is 5.78. The molecule has 2 rings (SSSR count). The molecular formula is C19H23NO4. The van der Waals surface area contributed by atoms with Crippen molar-refractivity contribution in [3.05, 3.63) is 59.7 Å². The third-order valence-electron chi connectivity index (χ3n) is 3.75. The summed E-state index contributed by atoms with van der Waals surface area (Å²) in [6.07, 6.45) is 0.103. The number of hydrogen-bond acceptors (Lipinski definition) is 4. The minimum absolute atomic E-state index is 0.0693. The third kappa shape index (κ3) is 4.73. The van der Waals surface area contributed by atoms with Crippen molar-refractivity contribution in [2.45, 2.75) is 12.5 Å². The number of carbonyl (C=O) groups excluding carboxylic acids is 1. The summed E-state index contributed by atoms with van der Waals surface area (Å²) in [6.45, 7) is 0.423. The highest BCUT2D eigenvalue weighted by Gasteiger charge is 2.13. The van der Waals surface area contributed by atoms with E-state index < -0.39 is 0 Å². The quantitative estimate of drug-likeness (QED) is 0.809. The van der Waals surface area contributed by atoms with E-state index in [-0.39, 0.29) is 18.4 Å². The molecule has 5 heteroatoms. The Hall–Kier alpha value is -2.53. The van der Waals surface area contributed by atoms with Crippen LogP contribution in [0.2, 0.25) is 0 Å². The summed E-state index contributed by atoms with van der Waals surface area (Å²) in [7, 11) is 4.79. The lowest BCUT2D eigenvalue weighted by Crippen LogP contribution is -2.30. The van der Waals surface area contributed by atoms with Gasteiger partial charge in [-0.2, -0.15) is 0 Å². The Bertz CT molecular complexity index is 658. The number of benzene rings is 2. The number of nitrogens with one attached hydrogen (secondary N) is 1. The lowest BCUT2D eigenvalue weighted by Gasteiger charge is -2.16. The van der Waals surface area contributed by atoms with Crippen molar-refractivity contribution in [3.63, 3.8) is 0 Å². The molecule has 0 heterocycles. The molecule has 1 unspecified atom stereocenters. The molecule has 24 heavy (non-hydrogen) atoms. The first-order valence-electron chi connectivity index (χ1n) is 7.73. The number of rotatable bonds is 8. The Morgan fingerprint density at radius 1 is 1.00 bits per heavy atom. The summed E-state index contributed by atoms with van der Waals surface area (Å²) < 4.78 is 15.9. The van der Waals surface area contributed by atoms with Crippen molar-refractivity contribution >= 4 is 5.91 Å². The van der Waals surface area contributed by atoms with E-state index in [4.69, 9.17) is 14.2 Å². The Balaban J connectivity index is 1.93. The summed E-state index contributed by atoms with van der Waals surface area (Å²) >= 11 is 0. The maximum atomic E-state index is 12.2. The van der Waals surface area contributed by atoms with Crippen molar-refractivity contribution in [2.24, 2.45) is 0 Å². The van der Waals surface area contributed by atoms with Gasteiger partial charge in [-0.25, -0.2) is 0 Å². The maximum absolute atomic E-state index is 12.2. The predicted octanol–water partition coefficient (Wildman–Crippen LogP) is 2.75. The van der Waals surface area contributed by atoms with Crippen molar-refractivity contribution in [2.75, 3.05) is 27.9 Å². The van der Waals surface area contributed by atoms with Crippen LogP contribution in [0.5, 0.6) is 11.5 Å². The van der Waals surface area contributed by atoms with Gasteiger partial charge in [0.15, 0.2) is 11.5 Å². The van der Waals surface area contributed by atoms with Crippen molar-refractivity contribution < 1.29 is 19.0 Å². The molecule has 0 saturated heterocycles. The van der Waals surface area contributed by atoms with Gasteiger partial charge in [0.1, 0.15) is 0 Å². The van der Waals surface area contributed by atoms with E-state index in [1.807, 2.05) is 42.5 Å². The van der Waals surface area contributed by atoms with Gasteiger partial charge in [-0.15, -0.1) is 0 Å². The summed E-state index contributed by atoms with van der Waals surface area (Å²) in [5.74, 6) is 1.19. The van der Waals surface area contributed by atoms with Crippen LogP contribution < -0.4 is 14.8 Å². The van der Waals surface area contributed by atoms with Crippen LogP contribution in [0.15, 0.2) is 48.5 Å². The van der Waals surface area contributed by atoms with E-state index in [1.54, 1.807) is 27.4 Å². The summed E-state index contributed by atoms with van der Waals surface area (Å²) in [5, 5.41) is 2.91. The number of ether oxygens (including phenoxy) is 3. The van der Waals surface area contributed by atoms with Crippen LogP contribution in [0.25, 0.3) is 0 Å². The van der Waals surface area contributed by atoms with Crippen LogP contribution in [0.3, 0.4) is 0 Å². The monoisotopic (exact) mass is 329 g/mol. The van der Waals surface area contributed by atoms with Gasteiger partial charge in [-0.3, -0.25) is 4.79 Å². The molecule has 1 atom stereocenters.